The number of fused-ring (bicyclic) bond motifs is 1. The molecule has 0 aliphatic heterocycles. The molecular formula is C23H24N6OS. The number of amides is 2. The Balaban J connectivity index is 1.49. The summed E-state index contributed by atoms with van der Waals surface area (Å²) in [5, 5.41) is 11.1. The Morgan fingerprint density at radius 2 is 1.84 bits per heavy atom. The Morgan fingerprint density at radius 1 is 1.06 bits per heavy atom. The first-order chi connectivity index (χ1) is 15.0. The second-order valence-electron chi connectivity index (χ2n) is 7.26. The smallest absolute Gasteiger partial charge is 0.308 e. The van der Waals surface area contributed by atoms with E-state index < -0.39 is 0 Å². The lowest BCUT2D eigenvalue weighted by Gasteiger charge is -2.13. The van der Waals surface area contributed by atoms with Gasteiger partial charge in [-0.3, -0.25) is 0 Å². The van der Waals surface area contributed by atoms with Crippen LogP contribution in [0.5, 0.6) is 0 Å². The van der Waals surface area contributed by atoms with Crippen molar-refractivity contribution in [2.24, 2.45) is 0 Å². The maximum Gasteiger partial charge on any atom is 0.323 e. The van der Waals surface area contributed by atoms with Crippen molar-refractivity contribution in [1.29, 1.82) is 0 Å². The lowest BCUT2D eigenvalue weighted by molar-refractivity contribution is 0.262. The van der Waals surface area contributed by atoms with E-state index in [0.29, 0.717) is 5.78 Å². The molecule has 4 rings (SSSR count). The molecular weight excluding hydrogens is 408 g/mol. The molecule has 0 aliphatic rings. The summed E-state index contributed by atoms with van der Waals surface area (Å²) in [4.78, 5) is 22.2. The molecule has 0 aliphatic carbocycles. The summed E-state index contributed by atoms with van der Waals surface area (Å²) in [6, 6.07) is 13.3. The topological polar surface area (TPSA) is 84.2 Å². The van der Waals surface area contributed by atoms with Gasteiger partial charge in [-0.2, -0.15) is 14.6 Å². The molecule has 0 saturated carbocycles. The van der Waals surface area contributed by atoms with E-state index in [2.05, 4.69) is 32.6 Å². The molecule has 2 heterocycles. The molecule has 31 heavy (non-hydrogen) atoms. The Labute approximate surface area is 185 Å². The summed E-state index contributed by atoms with van der Waals surface area (Å²) in [7, 11) is 0. The van der Waals surface area contributed by atoms with E-state index in [4.69, 9.17) is 0 Å². The fraction of sp³-hybridized carbons (Fsp3) is 0.217. The highest BCUT2D eigenvalue weighted by Crippen LogP contribution is 2.32. The van der Waals surface area contributed by atoms with Crippen molar-refractivity contribution in [3.8, 4) is 0 Å². The third-order valence-electron chi connectivity index (χ3n) is 5.22. The second-order valence-corrected chi connectivity index (χ2v) is 8.32. The second kappa shape index (κ2) is 8.77. The quantitative estimate of drug-likeness (QED) is 0.412. The molecule has 7 nitrogen and oxygen atoms in total. The summed E-state index contributed by atoms with van der Waals surface area (Å²) >= 11 is 1.61. The molecule has 2 aromatic heterocycles. The SMILES string of the molecule is CCc1c(C)nc2ncnn2c1Sc1ccc(NC(=O)Nc2cccc(C)c2C)cc1. The van der Waals surface area contributed by atoms with Crippen LogP contribution in [0.3, 0.4) is 0 Å². The predicted octanol–water partition coefficient (Wildman–Crippen LogP) is 5.41. The van der Waals surface area contributed by atoms with Crippen LogP contribution < -0.4 is 10.6 Å². The van der Waals surface area contributed by atoms with Crippen LogP contribution in [0.1, 0.15) is 29.3 Å². The van der Waals surface area contributed by atoms with Crippen molar-refractivity contribution in [2.45, 2.75) is 44.0 Å². The van der Waals surface area contributed by atoms with Gasteiger partial charge in [-0.25, -0.2) is 9.78 Å². The van der Waals surface area contributed by atoms with Crippen LogP contribution in [0.15, 0.2) is 58.7 Å². The Hall–Kier alpha value is -3.39. The third-order valence-corrected chi connectivity index (χ3v) is 6.34. The number of anilines is 2. The number of aryl methyl sites for hydroxylation is 2. The summed E-state index contributed by atoms with van der Waals surface area (Å²) in [5.74, 6) is 0.596. The molecule has 0 unspecified atom stereocenters. The maximum atomic E-state index is 12.4. The Bertz CT molecular complexity index is 1250. The van der Waals surface area contributed by atoms with E-state index in [0.717, 1.165) is 50.1 Å². The molecule has 0 saturated heterocycles. The highest BCUT2D eigenvalue weighted by atomic mass is 32.2. The van der Waals surface area contributed by atoms with E-state index in [1.807, 2.05) is 63.2 Å². The summed E-state index contributed by atoms with van der Waals surface area (Å²) in [5.41, 5.74) is 5.84. The minimum Gasteiger partial charge on any atom is -0.308 e. The van der Waals surface area contributed by atoms with Crippen LogP contribution in [-0.2, 0) is 6.42 Å². The molecule has 0 atom stereocenters. The Morgan fingerprint density at radius 3 is 2.58 bits per heavy atom. The van der Waals surface area contributed by atoms with Crippen molar-refractivity contribution in [2.75, 3.05) is 10.6 Å². The molecule has 0 radical (unpaired) electrons. The maximum absolute atomic E-state index is 12.4. The fourth-order valence-electron chi connectivity index (χ4n) is 3.36. The van der Waals surface area contributed by atoms with Gasteiger partial charge in [-0.1, -0.05) is 30.8 Å². The van der Waals surface area contributed by atoms with Gasteiger partial charge in [0.25, 0.3) is 5.78 Å². The first-order valence-electron chi connectivity index (χ1n) is 10.1. The average molecular weight is 433 g/mol. The number of urea groups is 1. The predicted molar refractivity (Wildman–Crippen MR) is 124 cm³/mol. The van der Waals surface area contributed by atoms with Gasteiger partial charge < -0.3 is 10.6 Å². The largest absolute Gasteiger partial charge is 0.323 e. The zero-order chi connectivity index (χ0) is 22.0. The molecule has 8 heteroatoms. The van der Waals surface area contributed by atoms with Gasteiger partial charge in [0.15, 0.2) is 0 Å². The average Bonchev–Trinajstić information content (AvgIpc) is 3.21. The Kier molecular flexibility index (Phi) is 5.90. The van der Waals surface area contributed by atoms with Crippen LogP contribution in [-0.4, -0.2) is 25.6 Å². The van der Waals surface area contributed by atoms with E-state index in [1.54, 1.807) is 16.3 Å². The number of benzene rings is 2. The minimum atomic E-state index is -0.267. The third kappa shape index (κ3) is 4.39. The number of aromatic nitrogens is 4. The van der Waals surface area contributed by atoms with Crippen molar-refractivity contribution in [3.63, 3.8) is 0 Å². The van der Waals surface area contributed by atoms with Crippen LogP contribution in [0.2, 0.25) is 0 Å². The summed E-state index contributed by atoms with van der Waals surface area (Å²) < 4.78 is 1.78. The van der Waals surface area contributed by atoms with Crippen LogP contribution in [0, 0.1) is 20.8 Å². The number of hydrogen-bond donors (Lipinski definition) is 2. The van der Waals surface area contributed by atoms with Gasteiger partial charge in [-0.15, -0.1) is 0 Å². The van der Waals surface area contributed by atoms with Crippen LogP contribution in [0.4, 0.5) is 16.2 Å². The number of hydrogen-bond acceptors (Lipinski definition) is 5. The highest BCUT2D eigenvalue weighted by Gasteiger charge is 2.14. The molecule has 2 amide bonds. The van der Waals surface area contributed by atoms with Crippen molar-refractivity contribution in [3.05, 3.63) is 71.2 Å². The monoisotopic (exact) mass is 432 g/mol. The lowest BCUT2D eigenvalue weighted by atomic mass is 10.1. The standard InChI is InChI=1S/C23H24N6OS/c1-5-19-16(4)26-22-24-13-25-29(22)21(19)31-18-11-9-17(10-12-18)27-23(30)28-20-8-6-7-14(2)15(20)3/h6-13H,5H2,1-4H3,(H2,27,28,30). The minimum absolute atomic E-state index is 0.267. The number of nitrogens with zero attached hydrogens (tertiary/aromatic N) is 4. The molecule has 0 bridgehead atoms. The molecule has 0 spiro atoms. The molecule has 2 aromatic carbocycles. The van der Waals surface area contributed by atoms with E-state index in [1.165, 1.54) is 6.33 Å². The summed E-state index contributed by atoms with van der Waals surface area (Å²) in [6.07, 6.45) is 2.38. The van der Waals surface area contributed by atoms with Crippen LogP contribution in [0.25, 0.3) is 5.78 Å². The first kappa shape index (κ1) is 20.9. The van der Waals surface area contributed by atoms with Crippen molar-refractivity contribution in [1.82, 2.24) is 19.6 Å². The first-order valence-corrected chi connectivity index (χ1v) is 10.9. The zero-order valence-electron chi connectivity index (χ0n) is 17.9. The number of carbonyl (C=O) groups excluding carboxylic acids is 1. The normalized spacial score (nSPS) is 11.0. The summed E-state index contributed by atoms with van der Waals surface area (Å²) in [6.45, 7) is 8.13. The van der Waals surface area contributed by atoms with E-state index in [9.17, 15) is 4.79 Å². The van der Waals surface area contributed by atoms with Crippen molar-refractivity contribution >= 4 is 34.9 Å². The van der Waals surface area contributed by atoms with Crippen LogP contribution >= 0.6 is 11.8 Å². The lowest BCUT2D eigenvalue weighted by Crippen LogP contribution is -2.20. The van der Waals surface area contributed by atoms with Gasteiger partial charge in [0.1, 0.15) is 11.4 Å². The van der Waals surface area contributed by atoms with Gasteiger partial charge in [0.05, 0.1) is 0 Å². The van der Waals surface area contributed by atoms with Gasteiger partial charge >= 0.3 is 6.03 Å². The highest BCUT2D eigenvalue weighted by molar-refractivity contribution is 7.99. The van der Waals surface area contributed by atoms with Gasteiger partial charge in [0.2, 0.25) is 0 Å². The zero-order valence-corrected chi connectivity index (χ0v) is 18.7. The number of carbonyl (C=O) groups is 1. The van der Waals surface area contributed by atoms with E-state index in [-0.39, 0.29) is 6.03 Å². The van der Waals surface area contributed by atoms with Crippen molar-refractivity contribution < 1.29 is 4.79 Å². The molecule has 158 valence electrons. The number of rotatable bonds is 5. The van der Waals surface area contributed by atoms with Gasteiger partial charge in [0, 0.05) is 27.5 Å². The number of nitrogens with one attached hydrogen (secondary N) is 2. The fourth-order valence-corrected chi connectivity index (χ4v) is 4.48. The van der Waals surface area contributed by atoms with E-state index >= 15 is 0 Å². The van der Waals surface area contributed by atoms with Gasteiger partial charge in [-0.05, 0) is 68.7 Å². The molecule has 4 aromatic rings. The molecule has 0 fully saturated rings. The molecule has 2 N–H and O–H groups in total.